The molecule has 0 aliphatic carbocycles. The Morgan fingerprint density at radius 2 is 1.83 bits per heavy atom. The summed E-state index contributed by atoms with van der Waals surface area (Å²) in [6.07, 6.45) is 3.75. The van der Waals surface area contributed by atoms with Crippen LogP contribution in [-0.4, -0.2) is 11.0 Å². The molecule has 0 saturated heterocycles. The third kappa shape index (κ3) is 2.66. The van der Waals surface area contributed by atoms with Crippen LogP contribution < -0.4 is 4.90 Å². The van der Waals surface area contributed by atoms with Crippen LogP contribution in [0.2, 0.25) is 0 Å². The Balaban J connectivity index is 2.11. The number of amides is 1. The zero-order valence-electron chi connectivity index (χ0n) is 13.6. The van der Waals surface area contributed by atoms with Crippen molar-refractivity contribution >= 4 is 29.4 Å². The highest BCUT2D eigenvalue weighted by atomic mass is 32.2. The summed E-state index contributed by atoms with van der Waals surface area (Å²) in [7, 11) is 0. The predicted octanol–water partition coefficient (Wildman–Crippen LogP) is 4.28. The molecule has 0 radical (unpaired) electrons. The normalized spacial score (nSPS) is 15.3. The molecule has 1 heterocycles. The number of rotatable bonds is 1. The van der Waals surface area contributed by atoms with Crippen molar-refractivity contribution < 1.29 is 9.90 Å². The van der Waals surface area contributed by atoms with Crippen LogP contribution in [0.3, 0.4) is 0 Å². The molecule has 3 rings (SSSR count). The summed E-state index contributed by atoms with van der Waals surface area (Å²) in [5.41, 5.74) is 3.88. The molecule has 5 heteroatoms. The first-order valence-corrected chi connectivity index (χ1v) is 8.27. The highest BCUT2D eigenvalue weighted by Crippen LogP contribution is 2.43. The number of hydrogen-bond donors (Lipinski definition) is 1. The van der Waals surface area contributed by atoms with Crippen molar-refractivity contribution in [3.05, 3.63) is 57.5 Å². The van der Waals surface area contributed by atoms with Gasteiger partial charge in [0.1, 0.15) is 5.75 Å². The van der Waals surface area contributed by atoms with Gasteiger partial charge in [-0.15, -0.1) is 0 Å². The van der Waals surface area contributed by atoms with Gasteiger partial charge < -0.3 is 5.11 Å². The lowest BCUT2D eigenvalue weighted by Crippen LogP contribution is -2.30. The van der Waals surface area contributed by atoms with E-state index in [4.69, 9.17) is 0 Å². The molecule has 4 nitrogen and oxygen atoms in total. The fourth-order valence-corrected chi connectivity index (χ4v) is 3.89. The third-order valence-corrected chi connectivity index (χ3v) is 5.03. The van der Waals surface area contributed by atoms with Crippen molar-refractivity contribution in [2.24, 2.45) is 0 Å². The van der Waals surface area contributed by atoms with E-state index in [1.807, 2.05) is 57.3 Å². The van der Waals surface area contributed by atoms with Crippen molar-refractivity contribution in [1.29, 1.82) is 5.26 Å². The van der Waals surface area contributed by atoms with Crippen molar-refractivity contribution in [3.63, 3.8) is 0 Å². The Hall–Kier alpha value is -2.71. The van der Waals surface area contributed by atoms with E-state index in [2.05, 4.69) is 0 Å². The fourth-order valence-electron chi connectivity index (χ4n) is 2.79. The number of nitriles is 1. The highest BCUT2D eigenvalue weighted by molar-refractivity contribution is 8.04. The smallest absolute Gasteiger partial charge is 0.278 e. The summed E-state index contributed by atoms with van der Waals surface area (Å²) in [6.45, 7) is 5.53. The minimum atomic E-state index is -0.326. The van der Waals surface area contributed by atoms with Gasteiger partial charge in [-0.1, -0.05) is 23.9 Å². The number of para-hydroxylation sites is 1. The maximum Gasteiger partial charge on any atom is 0.278 e. The van der Waals surface area contributed by atoms with Crippen LogP contribution in [0, 0.1) is 32.2 Å². The van der Waals surface area contributed by atoms with Crippen LogP contribution in [0.25, 0.3) is 6.08 Å². The quantitative estimate of drug-likeness (QED) is 0.623. The number of aromatic hydroxyl groups is 1. The second-order valence-electron chi connectivity index (χ2n) is 5.78. The van der Waals surface area contributed by atoms with Crippen LogP contribution in [0.1, 0.15) is 22.3 Å². The third-order valence-electron chi connectivity index (χ3n) is 3.97. The van der Waals surface area contributed by atoms with E-state index in [0.29, 0.717) is 10.6 Å². The second-order valence-corrected chi connectivity index (χ2v) is 6.86. The van der Waals surface area contributed by atoms with E-state index in [9.17, 15) is 15.2 Å². The standard InChI is InChI=1S/C19H16N2O2S/c1-11-5-4-6-15-17(11)21(10-20)19(23)16(24-15)9-14-7-12(2)18(22)13(3)8-14/h4-9,22H,1-3H3. The van der Waals surface area contributed by atoms with Gasteiger partial charge in [-0.05, 0) is 67.3 Å². The summed E-state index contributed by atoms with van der Waals surface area (Å²) in [6, 6.07) is 9.36. The number of anilines is 1. The van der Waals surface area contributed by atoms with Gasteiger partial charge in [-0.25, -0.2) is 4.90 Å². The summed E-state index contributed by atoms with van der Waals surface area (Å²) in [4.78, 5) is 15.2. The Labute approximate surface area is 145 Å². The molecule has 0 aromatic heterocycles. The number of carbonyl (C=O) groups excluding carboxylic acids is 1. The van der Waals surface area contributed by atoms with Crippen LogP contribution in [0.5, 0.6) is 5.75 Å². The molecule has 0 unspecified atom stereocenters. The van der Waals surface area contributed by atoms with Crippen molar-refractivity contribution in [2.45, 2.75) is 25.7 Å². The van der Waals surface area contributed by atoms with E-state index in [1.165, 1.54) is 11.8 Å². The molecule has 1 aliphatic heterocycles. The summed E-state index contributed by atoms with van der Waals surface area (Å²) in [5, 5.41) is 19.3. The first-order chi connectivity index (χ1) is 11.4. The lowest BCUT2D eigenvalue weighted by Gasteiger charge is -2.25. The first kappa shape index (κ1) is 16.2. The minimum Gasteiger partial charge on any atom is -0.507 e. The Morgan fingerprint density at radius 1 is 1.17 bits per heavy atom. The maximum atomic E-state index is 12.7. The topological polar surface area (TPSA) is 64.3 Å². The van der Waals surface area contributed by atoms with Crippen LogP contribution in [0.4, 0.5) is 5.69 Å². The molecular weight excluding hydrogens is 320 g/mol. The molecule has 1 aliphatic rings. The zero-order chi connectivity index (χ0) is 17.4. The molecule has 2 aromatic rings. The van der Waals surface area contributed by atoms with Gasteiger partial charge in [-0.3, -0.25) is 4.79 Å². The molecule has 1 N–H and O–H groups in total. The molecule has 0 atom stereocenters. The van der Waals surface area contributed by atoms with Gasteiger partial charge in [0, 0.05) is 4.90 Å². The number of phenolic OH excluding ortho intramolecular Hbond substituents is 1. The van der Waals surface area contributed by atoms with E-state index in [0.717, 1.165) is 32.0 Å². The summed E-state index contributed by atoms with van der Waals surface area (Å²) in [5.74, 6) is -0.0629. The van der Waals surface area contributed by atoms with Gasteiger partial charge >= 0.3 is 0 Å². The monoisotopic (exact) mass is 336 g/mol. The number of thioether (sulfide) groups is 1. The number of aryl methyl sites for hydroxylation is 3. The molecule has 0 spiro atoms. The molecule has 0 bridgehead atoms. The van der Waals surface area contributed by atoms with Crippen molar-refractivity contribution in [3.8, 4) is 11.9 Å². The van der Waals surface area contributed by atoms with E-state index >= 15 is 0 Å². The Morgan fingerprint density at radius 3 is 2.46 bits per heavy atom. The Kier molecular flexibility index (Phi) is 4.08. The van der Waals surface area contributed by atoms with Crippen LogP contribution in [-0.2, 0) is 4.79 Å². The van der Waals surface area contributed by atoms with Gasteiger partial charge in [-0.2, -0.15) is 5.26 Å². The number of benzene rings is 2. The fraction of sp³-hybridized carbons (Fsp3) is 0.158. The lowest BCUT2D eigenvalue weighted by atomic mass is 10.1. The number of carbonyl (C=O) groups is 1. The SMILES string of the molecule is Cc1cc(C=C2Sc3cccc(C)c3N(C#N)C2=O)cc(C)c1O. The zero-order valence-corrected chi connectivity index (χ0v) is 14.4. The molecule has 0 fully saturated rings. The average molecular weight is 336 g/mol. The van der Waals surface area contributed by atoms with Crippen molar-refractivity contribution in [2.75, 3.05) is 4.90 Å². The maximum absolute atomic E-state index is 12.7. The van der Waals surface area contributed by atoms with Crippen molar-refractivity contribution in [1.82, 2.24) is 0 Å². The van der Waals surface area contributed by atoms with Gasteiger partial charge in [0.25, 0.3) is 5.91 Å². The van der Waals surface area contributed by atoms with Crippen LogP contribution >= 0.6 is 11.8 Å². The van der Waals surface area contributed by atoms with Gasteiger partial charge in [0.05, 0.1) is 10.6 Å². The molecule has 120 valence electrons. The molecule has 1 amide bonds. The molecular formula is C19H16N2O2S. The first-order valence-electron chi connectivity index (χ1n) is 7.46. The van der Waals surface area contributed by atoms with Gasteiger partial charge in [0.15, 0.2) is 6.19 Å². The van der Waals surface area contributed by atoms with Crippen LogP contribution in [0.15, 0.2) is 40.1 Å². The Bertz CT molecular complexity index is 902. The largest absolute Gasteiger partial charge is 0.507 e. The van der Waals surface area contributed by atoms with E-state index < -0.39 is 0 Å². The average Bonchev–Trinajstić information content (AvgIpc) is 2.54. The number of nitrogens with zero attached hydrogens (tertiary/aromatic N) is 2. The molecule has 24 heavy (non-hydrogen) atoms. The molecule has 0 saturated carbocycles. The minimum absolute atomic E-state index is 0.263. The second kappa shape index (κ2) is 6.06. The number of fused-ring (bicyclic) bond motifs is 1. The predicted molar refractivity (Wildman–Crippen MR) is 95.7 cm³/mol. The van der Waals surface area contributed by atoms with E-state index in [-0.39, 0.29) is 11.7 Å². The highest BCUT2D eigenvalue weighted by Gasteiger charge is 2.30. The summed E-state index contributed by atoms with van der Waals surface area (Å²) < 4.78 is 0. The number of hydrogen-bond acceptors (Lipinski definition) is 4. The molecule has 2 aromatic carbocycles. The number of phenols is 1. The van der Waals surface area contributed by atoms with E-state index in [1.54, 1.807) is 6.08 Å². The van der Waals surface area contributed by atoms with Gasteiger partial charge in [0.2, 0.25) is 0 Å². The summed E-state index contributed by atoms with van der Waals surface area (Å²) >= 11 is 1.37. The lowest BCUT2D eigenvalue weighted by molar-refractivity contribution is -0.113.